The Morgan fingerprint density at radius 1 is 0.722 bits per heavy atom. The van der Waals surface area contributed by atoms with Gasteiger partial charge in [-0.05, 0) is 27.4 Å². The Bertz CT molecular complexity index is 148. The standard InChI is InChI=1S/C16H35N.H2O/c1-5-6-7-8-9-10-11-12-13-14-15-16(2)17(3)4;/h16H,5-15H2,1-4H3;1H2. The van der Waals surface area contributed by atoms with E-state index in [1.54, 1.807) is 0 Å². The van der Waals surface area contributed by atoms with Crippen LogP contribution in [0.1, 0.15) is 84.5 Å². The van der Waals surface area contributed by atoms with Crippen molar-refractivity contribution in [3.8, 4) is 0 Å². The molecule has 0 amide bonds. The van der Waals surface area contributed by atoms with Crippen LogP contribution in [0.3, 0.4) is 0 Å². The Morgan fingerprint density at radius 2 is 1.11 bits per heavy atom. The van der Waals surface area contributed by atoms with Crippen molar-refractivity contribution in [3.63, 3.8) is 0 Å². The van der Waals surface area contributed by atoms with Gasteiger partial charge in [-0.25, -0.2) is 0 Å². The van der Waals surface area contributed by atoms with Gasteiger partial charge in [-0.15, -0.1) is 0 Å². The quantitative estimate of drug-likeness (QED) is 0.478. The molecule has 2 nitrogen and oxygen atoms in total. The summed E-state index contributed by atoms with van der Waals surface area (Å²) in [6.07, 6.45) is 15.8. The predicted molar refractivity (Wildman–Crippen MR) is 83.2 cm³/mol. The zero-order valence-corrected chi connectivity index (χ0v) is 13.3. The first kappa shape index (κ1) is 20.2. The van der Waals surface area contributed by atoms with Crippen molar-refractivity contribution in [3.05, 3.63) is 0 Å². The van der Waals surface area contributed by atoms with Gasteiger partial charge in [-0.3, -0.25) is 0 Å². The van der Waals surface area contributed by atoms with E-state index >= 15 is 0 Å². The maximum absolute atomic E-state index is 2.33. The average Bonchev–Trinajstić information content (AvgIpc) is 2.31. The van der Waals surface area contributed by atoms with Crippen LogP contribution < -0.4 is 0 Å². The van der Waals surface area contributed by atoms with Crippen LogP contribution >= 0.6 is 0 Å². The molecule has 0 aliphatic heterocycles. The van der Waals surface area contributed by atoms with Crippen molar-refractivity contribution in [2.45, 2.75) is 90.5 Å². The maximum Gasteiger partial charge on any atom is 0.00608 e. The number of hydrogen-bond donors (Lipinski definition) is 0. The van der Waals surface area contributed by atoms with Crippen LogP contribution in [0.5, 0.6) is 0 Å². The van der Waals surface area contributed by atoms with Gasteiger partial charge in [0.1, 0.15) is 0 Å². The highest BCUT2D eigenvalue weighted by Crippen LogP contribution is 2.12. The van der Waals surface area contributed by atoms with Crippen LogP contribution in [0.2, 0.25) is 0 Å². The molecule has 112 valence electrons. The maximum atomic E-state index is 2.33. The van der Waals surface area contributed by atoms with E-state index in [2.05, 4.69) is 32.8 Å². The van der Waals surface area contributed by atoms with Crippen molar-refractivity contribution in [1.29, 1.82) is 0 Å². The van der Waals surface area contributed by atoms with E-state index in [9.17, 15) is 0 Å². The highest BCUT2D eigenvalue weighted by atomic mass is 16.0. The molecule has 0 aliphatic carbocycles. The number of unbranched alkanes of at least 4 members (excludes halogenated alkanes) is 9. The van der Waals surface area contributed by atoms with Gasteiger partial charge in [0.2, 0.25) is 0 Å². The fraction of sp³-hybridized carbons (Fsp3) is 1.00. The molecule has 0 rings (SSSR count). The lowest BCUT2D eigenvalue weighted by atomic mass is 10.0. The molecular weight excluding hydrogens is 222 g/mol. The third-order valence-corrected chi connectivity index (χ3v) is 3.86. The largest absolute Gasteiger partial charge is 0.412 e. The van der Waals surface area contributed by atoms with Gasteiger partial charge in [0.15, 0.2) is 0 Å². The summed E-state index contributed by atoms with van der Waals surface area (Å²) in [6.45, 7) is 4.61. The summed E-state index contributed by atoms with van der Waals surface area (Å²) >= 11 is 0. The molecule has 0 aromatic rings. The summed E-state index contributed by atoms with van der Waals surface area (Å²) in [5, 5.41) is 0. The fourth-order valence-corrected chi connectivity index (χ4v) is 2.19. The monoisotopic (exact) mass is 259 g/mol. The topological polar surface area (TPSA) is 34.7 Å². The lowest BCUT2D eigenvalue weighted by molar-refractivity contribution is 0.291. The van der Waals surface area contributed by atoms with Gasteiger partial charge in [0, 0.05) is 6.04 Å². The average molecular weight is 259 g/mol. The Morgan fingerprint density at radius 3 is 1.50 bits per heavy atom. The Balaban J connectivity index is 0. The molecule has 0 aliphatic rings. The van der Waals surface area contributed by atoms with Gasteiger partial charge < -0.3 is 10.4 Å². The van der Waals surface area contributed by atoms with E-state index in [4.69, 9.17) is 0 Å². The molecule has 0 aromatic heterocycles. The second kappa shape index (κ2) is 15.0. The molecule has 0 fully saturated rings. The zero-order chi connectivity index (χ0) is 12.9. The number of nitrogens with zero attached hydrogens (tertiary/aromatic N) is 1. The molecule has 0 heterocycles. The summed E-state index contributed by atoms with van der Waals surface area (Å²) in [7, 11) is 4.36. The molecule has 0 saturated heterocycles. The Kier molecular flexibility index (Phi) is 16.8. The highest BCUT2D eigenvalue weighted by molar-refractivity contribution is 4.59. The smallest absolute Gasteiger partial charge is 0.00608 e. The highest BCUT2D eigenvalue weighted by Gasteiger charge is 2.02. The normalized spacial score (nSPS) is 12.5. The third kappa shape index (κ3) is 14.0. The van der Waals surface area contributed by atoms with Crippen LogP contribution in [-0.4, -0.2) is 30.5 Å². The summed E-state index contributed by atoms with van der Waals surface area (Å²) < 4.78 is 0. The summed E-state index contributed by atoms with van der Waals surface area (Å²) in [5.41, 5.74) is 0. The van der Waals surface area contributed by atoms with Crippen LogP contribution in [0.4, 0.5) is 0 Å². The zero-order valence-electron chi connectivity index (χ0n) is 13.3. The minimum Gasteiger partial charge on any atom is -0.412 e. The summed E-state index contributed by atoms with van der Waals surface area (Å²) in [6, 6.07) is 0.754. The number of rotatable bonds is 12. The first-order valence-electron chi connectivity index (χ1n) is 7.85. The summed E-state index contributed by atoms with van der Waals surface area (Å²) in [5.74, 6) is 0. The molecule has 18 heavy (non-hydrogen) atoms. The van der Waals surface area contributed by atoms with Gasteiger partial charge >= 0.3 is 0 Å². The third-order valence-electron chi connectivity index (χ3n) is 3.86. The molecule has 1 unspecified atom stereocenters. The number of hydrogen-bond acceptors (Lipinski definition) is 1. The second-order valence-electron chi connectivity index (χ2n) is 5.78. The van der Waals surface area contributed by atoms with Crippen molar-refractivity contribution in [2.75, 3.05) is 14.1 Å². The molecule has 0 spiro atoms. The van der Waals surface area contributed by atoms with Crippen LogP contribution in [-0.2, 0) is 0 Å². The van der Waals surface area contributed by atoms with Crippen LogP contribution in [0, 0.1) is 0 Å². The minimum absolute atomic E-state index is 0. The second-order valence-corrected chi connectivity index (χ2v) is 5.78. The predicted octanol–water partition coefficient (Wildman–Crippen LogP) is 4.42. The van der Waals surface area contributed by atoms with Gasteiger partial charge in [0.25, 0.3) is 0 Å². The van der Waals surface area contributed by atoms with E-state index < -0.39 is 0 Å². The molecule has 2 N–H and O–H groups in total. The van der Waals surface area contributed by atoms with E-state index in [0.717, 1.165) is 6.04 Å². The fourth-order valence-electron chi connectivity index (χ4n) is 2.19. The molecule has 0 radical (unpaired) electrons. The van der Waals surface area contributed by atoms with E-state index in [1.165, 1.54) is 70.6 Å². The lowest BCUT2D eigenvalue weighted by Crippen LogP contribution is -2.24. The Hall–Kier alpha value is -0.0800. The van der Waals surface area contributed by atoms with Crippen molar-refractivity contribution >= 4 is 0 Å². The van der Waals surface area contributed by atoms with E-state index in [0.29, 0.717) is 0 Å². The van der Waals surface area contributed by atoms with Gasteiger partial charge in [-0.1, -0.05) is 71.1 Å². The molecule has 1 atom stereocenters. The SMILES string of the molecule is CCCCCCCCCCCCC(C)N(C)C.O. The van der Waals surface area contributed by atoms with Gasteiger partial charge in [-0.2, -0.15) is 0 Å². The van der Waals surface area contributed by atoms with Crippen LogP contribution in [0.25, 0.3) is 0 Å². The van der Waals surface area contributed by atoms with Crippen LogP contribution in [0.15, 0.2) is 0 Å². The minimum atomic E-state index is 0. The Labute approximate surface area is 115 Å². The lowest BCUT2D eigenvalue weighted by Gasteiger charge is -2.19. The van der Waals surface area contributed by atoms with Crippen molar-refractivity contribution in [2.24, 2.45) is 0 Å². The molecular formula is C16H37NO. The summed E-state index contributed by atoms with van der Waals surface area (Å²) in [4.78, 5) is 2.33. The molecule has 0 bridgehead atoms. The molecule has 0 saturated carbocycles. The molecule has 2 heteroatoms. The first-order valence-corrected chi connectivity index (χ1v) is 7.85. The van der Waals surface area contributed by atoms with Crippen molar-refractivity contribution in [1.82, 2.24) is 4.90 Å². The van der Waals surface area contributed by atoms with E-state index in [1.807, 2.05) is 0 Å². The van der Waals surface area contributed by atoms with E-state index in [-0.39, 0.29) is 5.48 Å². The van der Waals surface area contributed by atoms with Gasteiger partial charge in [0.05, 0.1) is 0 Å². The first-order chi connectivity index (χ1) is 8.18. The van der Waals surface area contributed by atoms with Crippen molar-refractivity contribution < 1.29 is 5.48 Å². The molecule has 0 aromatic carbocycles.